The Kier molecular flexibility index (Phi) is 6.63. The fourth-order valence-corrected chi connectivity index (χ4v) is 7.73. The molecule has 39 heavy (non-hydrogen) atoms. The molecular formula is C29H32N6O3S. The SMILES string of the molecule is CC(=O)N1CCC(c2nc3cnc4c(ccn4S(=O)(=O)c4ccccc4)c3n2[C@H]2CC[C@H](CC#N)CC2)CC1. The summed E-state index contributed by atoms with van der Waals surface area (Å²) < 4.78 is 30.6. The van der Waals surface area contributed by atoms with Crippen LogP contribution in [0, 0.1) is 17.2 Å². The van der Waals surface area contributed by atoms with Crippen LogP contribution in [0.1, 0.15) is 69.7 Å². The topological polar surface area (TPSA) is 114 Å². The van der Waals surface area contributed by atoms with Crippen LogP contribution in [0.25, 0.3) is 22.1 Å². The fourth-order valence-electron chi connectivity index (χ4n) is 6.41. The lowest BCUT2D eigenvalue weighted by Crippen LogP contribution is -2.37. The summed E-state index contributed by atoms with van der Waals surface area (Å²) in [4.78, 5) is 23.7. The summed E-state index contributed by atoms with van der Waals surface area (Å²) in [5, 5.41) is 9.97. The Morgan fingerprint density at radius 3 is 2.44 bits per heavy atom. The second kappa shape index (κ2) is 10.1. The quantitative estimate of drug-likeness (QED) is 0.350. The van der Waals surface area contributed by atoms with E-state index in [0.29, 0.717) is 31.1 Å². The highest BCUT2D eigenvalue weighted by Crippen LogP contribution is 2.41. The van der Waals surface area contributed by atoms with Crippen molar-refractivity contribution in [2.75, 3.05) is 13.1 Å². The number of benzene rings is 1. The Labute approximate surface area is 228 Å². The van der Waals surface area contributed by atoms with Crippen LogP contribution in [0.4, 0.5) is 0 Å². The number of aromatic nitrogens is 4. The third kappa shape index (κ3) is 4.48. The summed E-state index contributed by atoms with van der Waals surface area (Å²) in [6.45, 7) is 3.03. The van der Waals surface area contributed by atoms with Crippen LogP contribution in [0.5, 0.6) is 0 Å². The van der Waals surface area contributed by atoms with Crippen molar-refractivity contribution < 1.29 is 13.2 Å². The third-order valence-electron chi connectivity index (χ3n) is 8.52. The maximum absolute atomic E-state index is 13.5. The number of hydrogen-bond acceptors (Lipinski definition) is 6. The van der Waals surface area contributed by atoms with Gasteiger partial charge >= 0.3 is 0 Å². The minimum atomic E-state index is -3.81. The van der Waals surface area contributed by atoms with E-state index in [4.69, 9.17) is 4.98 Å². The molecule has 2 fully saturated rings. The third-order valence-corrected chi connectivity index (χ3v) is 10.2. The Bertz CT molecular complexity index is 1670. The molecule has 0 radical (unpaired) electrons. The number of pyridine rings is 1. The van der Waals surface area contributed by atoms with E-state index in [0.717, 1.165) is 60.8 Å². The zero-order valence-electron chi connectivity index (χ0n) is 22.0. The van der Waals surface area contributed by atoms with Crippen molar-refractivity contribution in [3.63, 3.8) is 0 Å². The van der Waals surface area contributed by atoms with Crippen molar-refractivity contribution in [1.29, 1.82) is 5.26 Å². The highest BCUT2D eigenvalue weighted by Gasteiger charge is 2.32. The minimum absolute atomic E-state index is 0.102. The van der Waals surface area contributed by atoms with Gasteiger partial charge in [0.25, 0.3) is 10.0 Å². The van der Waals surface area contributed by atoms with Crippen molar-refractivity contribution in [3.8, 4) is 6.07 Å². The smallest absolute Gasteiger partial charge is 0.269 e. The molecule has 202 valence electrons. The Morgan fingerprint density at radius 2 is 1.77 bits per heavy atom. The number of hydrogen-bond donors (Lipinski definition) is 0. The number of rotatable bonds is 5. The highest BCUT2D eigenvalue weighted by atomic mass is 32.2. The number of imidazole rings is 1. The summed E-state index contributed by atoms with van der Waals surface area (Å²) in [6, 6.07) is 12.8. The molecule has 1 amide bonds. The summed E-state index contributed by atoms with van der Waals surface area (Å²) in [6.07, 6.45) is 9.41. The van der Waals surface area contributed by atoms with Crippen LogP contribution in [0.2, 0.25) is 0 Å². The first-order chi connectivity index (χ1) is 18.9. The predicted molar refractivity (Wildman–Crippen MR) is 148 cm³/mol. The number of likely N-dealkylation sites (tertiary alicyclic amines) is 1. The lowest BCUT2D eigenvalue weighted by molar-refractivity contribution is -0.129. The van der Waals surface area contributed by atoms with Gasteiger partial charge < -0.3 is 9.47 Å². The van der Waals surface area contributed by atoms with Crippen molar-refractivity contribution in [2.45, 2.75) is 68.7 Å². The van der Waals surface area contributed by atoms with E-state index in [1.165, 1.54) is 3.97 Å². The van der Waals surface area contributed by atoms with Gasteiger partial charge in [-0.25, -0.2) is 22.4 Å². The molecule has 1 aliphatic carbocycles. The van der Waals surface area contributed by atoms with E-state index < -0.39 is 10.0 Å². The molecular weight excluding hydrogens is 512 g/mol. The van der Waals surface area contributed by atoms with Crippen molar-refractivity contribution in [1.82, 2.24) is 23.4 Å². The van der Waals surface area contributed by atoms with E-state index in [9.17, 15) is 18.5 Å². The van der Waals surface area contributed by atoms with Gasteiger partial charge in [-0.05, 0) is 62.6 Å². The van der Waals surface area contributed by atoms with Gasteiger partial charge in [-0.3, -0.25) is 4.79 Å². The molecule has 9 nitrogen and oxygen atoms in total. The van der Waals surface area contributed by atoms with Crippen LogP contribution in [0.15, 0.2) is 53.7 Å². The van der Waals surface area contributed by atoms with Crippen LogP contribution in [0.3, 0.4) is 0 Å². The number of carbonyl (C=O) groups is 1. The number of carbonyl (C=O) groups excluding carboxylic acids is 1. The number of nitriles is 1. The number of piperidine rings is 1. The first kappa shape index (κ1) is 25.6. The van der Waals surface area contributed by atoms with E-state index in [-0.39, 0.29) is 22.8 Å². The maximum Gasteiger partial charge on any atom is 0.269 e. The molecule has 2 aliphatic rings. The molecule has 0 N–H and O–H groups in total. The molecule has 4 heterocycles. The minimum Gasteiger partial charge on any atom is -0.343 e. The van der Waals surface area contributed by atoms with Gasteiger partial charge in [0.15, 0.2) is 5.65 Å². The van der Waals surface area contributed by atoms with Gasteiger partial charge in [0, 0.05) is 50.0 Å². The van der Waals surface area contributed by atoms with Gasteiger partial charge in [-0.2, -0.15) is 5.26 Å². The van der Waals surface area contributed by atoms with Gasteiger partial charge in [-0.1, -0.05) is 18.2 Å². The normalized spacial score (nSPS) is 20.9. The van der Waals surface area contributed by atoms with Gasteiger partial charge in [0.1, 0.15) is 11.3 Å². The van der Waals surface area contributed by atoms with E-state index in [2.05, 4.69) is 15.6 Å². The van der Waals surface area contributed by atoms with E-state index >= 15 is 0 Å². The zero-order chi connectivity index (χ0) is 27.1. The summed E-state index contributed by atoms with van der Waals surface area (Å²) in [5.41, 5.74) is 2.08. The molecule has 0 atom stereocenters. The standard InChI is InChI=1S/C29H32N6O3S/c1-20(36)33-16-12-22(13-17-33)28-32-26-19-31-29-25(14-18-34(29)39(37,38)24-5-3-2-4-6-24)27(26)35(28)23-9-7-21(8-10-23)11-15-30/h2-6,14,18-19,21-23H,7-13,16-17H2,1H3/t21-,23-. The molecule has 1 saturated heterocycles. The molecule has 0 spiro atoms. The lowest BCUT2D eigenvalue weighted by atomic mass is 9.84. The molecule has 6 rings (SSSR count). The second-order valence-corrected chi connectivity index (χ2v) is 12.6. The van der Waals surface area contributed by atoms with Gasteiger partial charge in [-0.15, -0.1) is 0 Å². The molecule has 1 aliphatic heterocycles. The first-order valence-electron chi connectivity index (χ1n) is 13.7. The summed E-state index contributed by atoms with van der Waals surface area (Å²) >= 11 is 0. The van der Waals surface area contributed by atoms with E-state index in [1.807, 2.05) is 11.0 Å². The second-order valence-electron chi connectivity index (χ2n) is 10.8. The largest absolute Gasteiger partial charge is 0.343 e. The van der Waals surface area contributed by atoms with Crippen LogP contribution < -0.4 is 0 Å². The van der Waals surface area contributed by atoms with E-state index in [1.54, 1.807) is 49.6 Å². The fraction of sp³-hybridized carbons (Fsp3) is 0.448. The Hall–Kier alpha value is -3.71. The van der Waals surface area contributed by atoms with Crippen molar-refractivity contribution in [3.05, 3.63) is 54.6 Å². The lowest BCUT2D eigenvalue weighted by Gasteiger charge is -2.34. The zero-order valence-corrected chi connectivity index (χ0v) is 22.8. The predicted octanol–water partition coefficient (Wildman–Crippen LogP) is 4.99. The van der Waals surface area contributed by atoms with Gasteiger partial charge in [0.05, 0.1) is 22.7 Å². The van der Waals surface area contributed by atoms with Crippen LogP contribution in [-0.4, -0.2) is 50.8 Å². The average Bonchev–Trinajstić information content (AvgIpc) is 3.56. The maximum atomic E-state index is 13.5. The molecule has 4 aromatic rings. The monoisotopic (exact) mass is 544 g/mol. The Balaban J connectivity index is 1.47. The average molecular weight is 545 g/mol. The molecule has 10 heteroatoms. The molecule has 1 saturated carbocycles. The number of fused-ring (bicyclic) bond motifs is 3. The summed E-state index contributed by atoms with van der Waals surface area (Å²) in [7, 11) is -3.81. The van der Waals surface area contributed by atoms with Crippen molar-refractivity contribution >= 4 is 38.0 Å². The summed E-state index contributed by atoms with van der Waals surface area (Å²) in [5.74, 6) is 1.73. The number of amides is 1. The molecule has 3 aromatic heterocycles. The first-order valence-corrected chi connectivity index (χ1v) is 15.1. The highest BCUT2D eigenvalue weighted by molar-refractivity contribution is 7.90. The molecule has 1 aromatic carbocycles. The Morgan fingerprint density at radius 1 is 1.05 bits per heavy atom. The molecule has 0 unspecified atom stereocenters. The number of nitrogens with zero attached hydrogens (tertiary/aromatic N) is 6. The van der Waals surface area contributed by atoms with Crippen LogP contribution >= 0.6 is 0 Å². The van der Waals surface area contributed by atoms with Crippen LogP contribution in [-0.2, 0) is 14.8 Å². The van der Waals surface area contributed by atoms with Gasteiger partial charge in [0.2, 0.25) is 5.91 Å². The molecule has 0 bridgehead atoms. The van der Waals surface area contributed by atoms with Crippen molar-refractivity contribution in [2.24, 2.45) is 5.92 Å².